The molecular weight excluding hydrogens is 378 g/mol. The Morgan fingerprint density at radius 1 is 1.18 bits per heavy atom. The summed E-state index contributed by atoms with van der Waals surface area (Å²) in [6.45, 7) is 0.555. The Hall–Kier alpha value is -2.87. The van der Waals surface area contributed by atoms with Crippen LogP contribution in [0.5, 0.6) is 0 Å². The molecule has 0 atom stereocenters. The van der Waals surface area contributed by atoms with Gasteiger partial charge < -0.3 is 11.1 Å². The first-order valence-corrected chi connectivity index (χ1v) is 9.93. The number of nitro groups is 1. The number of nitro benzene ring substituents is 1. The van der Waals surface area contributed by atoms with Gasteiger partial charge in [-0.25, -0.2) is 0 Å². The molecule has 3 rings (SSSR count). The highest BCUT2D eigenvalue weighted by atomic mass is 32.2. The number of amides is 2. The Balaban J connectivity index is 1.60. The smallest absolute Gasteiger partial charge is 0.283 e. The van der Waals surface area contributed by atoms with E-state index in [0.717, 1.165) is 37.1 Å². The van der Waals surface area contributed by atoms with Gasteiger partial charge in [0.05, 0.1) is 15.6 Å². The summed E-state index contributed by atoms with van der Waals surface area (Å²) in [6.07, 6.45) is 3.20. The molecule has 0 saturated heterocycles. The van der Waals surface area contributed by atoms with Crippen LogP contribution < -0.4 is 11.1 Å². The SMILES string of the molecule is NC(=O)c1ccc(SCC(=O)NCC2(c3ccccc3)CCC2)c([N+](=O)[O-])c1. The van der Waals surface area contributed by atoms with Gasteiger partial charge in [0.15, 0.2) is 0 Å². The van der Waals surface area contributed by atoms with Crippen LogP contribution in [0.2, 0.25) is 0 Å². The molecule has 8 heteroatoms. The van der Waals surface area contributed by atoms with Gasteiger partial charge in [0, 0.05) is 23.6 Å². The number of primary amides is 1. The molecule has 2 amide bonds. The summed E-state index contributed by atoms with van der Waals surface area (Å²) in [5, 5.41) is 14.2. The van der Waals surface area contributed by atoms with Crippen LogP contribution in [0.25, 0.3) is 0 Å². The van der Waals surface area contributed by atoms with Crippen LogP contribution >= 0.6 is 11.8 Å². The molecule has 2 aromatic carbocycles. The summed E-state index contributed by atoms with van der Waals surface area (Å²) in [4.78, 5) is 34.5. The van der Waals surface area contributed by atoms with Crippen molar-refractivity contribution in [1.82, 2.24) is 5.32 Å². The lowest BCUT2D eigenvalue weighted by Gasteiger charge is -2.42. The van der Waals surface area contributed by atoms with Gasteiger partial charge in [0.1, 0.15) is 0 Å². The van der Waals surface area contributed by atoms with E-state index in [4.69, 9.17) is 5.73 Å². The monoisotopic (exact) mass is 399 g/mol. The fourth-order valence-electron chi connectivity index (χ4n) is 3.36. The first kappa shape index (κ1) is 19.9. The quantitative estimate of drug-likeness (QED) is 0.402. The van der Waals surface area contributed by atoms with E-state index in [1.54, 1.807) is 0 Å². The van der Waals surface area contributed by atoms with Crippen LogP contribution in [-0.4, -0.2) is 29.0 Å². The van der Waals surface area contributed by atoms with E-state index in [1.807, 2.05) is 18.2 Å². The Bertz CT molecular complexity index is 898. The molecule has 0 aliphatic heterocycles. The number of carbonyl (C=O) groups excluding carboxylic acids is 2. The van der Waals surface area contributed by atoms with Crippen LogP contribution in [0.1, 0.15) is 35.2 Å². The molecule has 1 saturated carbocycles. The van der Waals surface area contributed by atoms with Crippen molar-refractivity contribution < 1.29 is 14.5 Å². The number of hydrogen-bond donors (Lipinski definition) is 2. The van der Waals surface area contributed by atoms with Gasteiger partial charge >= 0.3 is 0 Å². The van der Waals surface area contributed by atoms with E-state index >= 15 is 0 Å². The largest absolute Gasteiger partial charge is 0.366 e. The van der Waals surface area contributed by atoms with E-state index < -0.39 is 10.8 Å². The molecule has 28 heavy (non-hydrogen) atoms. The minimum absolute atomic E-state index is 0.0171. The van der Waals surface area contributed by atoms with E-state index in [-0.39, 0.29) is 28.3 Å². The van der Waals surface area contributed by atoms with Crippen molar-refractivity contribution in [3.05, 3.63) is 69.8 Å². The Labute approximate surface area is 166 Å². The number of nitrogens with zero attached hydrogens (tertiary/aromatic N) is 1. The summed E-state index contributed by atoms with van der Waals surface area (Å²) in [5.41, 5.74) is 6.22. The van der Waals surface area contributed by atoms with E-state index in [2.05, 4.69) is 17.4 Å². The average molecular weight is 399 g/mol. The molecule has 1 fully saturated rings. The third-order valence-electron chi connectivity index (χ3n) is 5.12. The van der Waals surface area contributed by atoms with Gasteiger partial charge in [0.2, 0.25) is 11.8 Å². The highest BCUT2D eigenvalue weighted by Gasteiger charge is 2.38. The molecule has 2 aromatic rings. The van der Waals surface area contributed by atoms with Crippen molar-refractivity contribution in [2.45, 2.75) is 29.6 Å². The summed E-state index contributed by atoms with van der Waals surface area (Å²) >= 11 is 1.07. The predicted molar refractivity (Wildman–Crippen MR) is 107 cm³/mol. The van der Waals surface area contributed by atoms with Gasteiger partial charge in [-0.2, -0.15) is 0 Å². The fraction of sp³-hybridized carbons (Fsp3) is 0.300. The van der Waals surface area contributed by atoms with Gasteiger partial charge in [-0.1, -0.05) is 36.8 Å². The molecule has 1 aliphatic rings. The summed E-state index contributed by atoms with van der Waals surface area (Å²) in [5.74, 6) is -0.855. The highest BCUT2D eigenvalue weighted by molar-refractivity contribution is 8.00. The topological polar surface area (TPSA) is 115 Å². The molecule has 0 spiro atoms. The number of thioether (sulfide) groups is 1. The fourth-order valence-corrected chi connectivity index (χ4v) is 4.19. The number of hydrogen-bond acceptors (Lipinski definition) is 5. The molecule has 0 aromatic heterocycles. The average Bonchev–Trinajstić information content (AvgIpc) is 2.66. The van der Waals surface area contributed by atoms with E-state index in [0.29, 0.717) is 11.4 Å². The lowest BCUT2D eigenvalue weighted by Crippen LogP contribution is -2.46. The third kappa shape index (κ3) is 4.33. The first-order chi connectivity index (χ1) is 13.4. The van der Waals surface area contributed by atoms with Crippen molar-refractivity contribution in [3.63, 3.8) is 0 Å². The first-order valence-electron chi connectivity index (χ1n) is 8.94. The van der Waals surface area contributed by atoms with Crippen LogP contribution in [0.15, 0.2) is 53.4 Å². The lowest BCUT2D eigenvalue weighted by molar-refractivity contribution is -0.387. The molecule has 3 N–H and O–H groups in total. The van der Waals surface area contributed by atoms with Crippen molar-refractivity contribution in [2.75, 3.05) is 12.3 Å². The second-order valence-electron chi connectivity index (χ2n) is 6.87. The molecule has 7 nitrogen and oxygen atoms in total. The van der Waals surface area contributed by atoms with Crippen LogP contribution in [-0.2, 0) is 10.2 Å². The van der Waals surface area contributed by atoms with Gasteiger partial charge in [-0.15, -0.1) is 11.8 Å². The highest BCUT2D eigenvalue weighted by Crippen LogP contribution is 2.43. The van der Waals surface area contributed by atoms with E-state index in [9.17, 15) is 19.7 Å². The second-order valence-corrected chi connectivity index (χ2v) is 7.89. The number of nitrogens with one attached hydrogen (secondary N) is 1. The molecule has 1 aliphatic carbocycles. The van der Waals surface area contributed by atoms with Crippen molar-refractivity contribution in [1.29, 1.82) is 0 Å². The van der Waals surface area contributed by atoms with Crippen molar-refractivity contribution in [2.24, 2.45) is 5.73 Å². The maximum Gasteiger partial charge on any atom is 0.283 e. The zero-order chi connectivity index (χ0) is 20.1. The van der Waals surface area contributed by atoms with Crippen LogP contribution in [0.4, 0.5) is 5.69 Å². The zero-order valence-corrected chi connectivity index (χ0v) is 16.0. The standard InChI is InChI=1S/C20H21N3O4S/c21-19(25)14-7-8-17(16(11-14)23(26)27)28-12-18(24)22-13-20(9-4-10-20)15-5-2-1-3-6-15/h1-3,5-8,11H,4,9-10,12-13H2,(H2,21,25)(H,22,24). The summed E-state index contributed by atoms with van der Waals surface area (Å²) in [7, 11) is 0. The molecule has 0 heterocycles. The number of rotatable bonds is 8. The predicted octanol–water partition coefficient (Wildman–Crippen LogP) is 3.02. The minimum atomic E-state index is -0.732. The summed E-state index contributed by atoms with van der Waals surface area (Å²) < 4.78 is 0. The van der Waals surface area contributed by atoms with Gasteiger partial charge in [0.25, 0.3) is 5.69 Å². The number of nitrogens with two attached hydrogens (primary N) is 1. The van der Waals surface area contributed by atoms with Crippen molar-refractivity contribution in [3.8, 4) is 0 Å². The van der Waals surface area contributed by atoms with Gasteiger partial charge in [-0.05, 0) is 30.5 Å². The summed E-state index contributed by atoms with van der Waals surface area (Å²) in [6, 6.07) is 14.2. The third-order valence-corrected chi connectivity index (χ3v) is 6.18. The van der Waals surface area contributed by atoms with Gasteiger partial charge in [-0.3, -0.25) is 19.7 Å². The molecule has 0 unspecified atom stereocenters. The molecular formula is C20H21N3O4S. The normalized spacial score (nSPS) is 14.7. The second kappa shape index (κ2) is 8.43. The maximum absolute atomic E-state index is 12.3. The lowest BCUT2D eigenvalue weighted by atomic mass is 9.64. The minimum Gasteiger partial charge on any atom is -0.366 e. The van der Waals surface area contributed by atoms with E-state index in [1.165, 1.54) is 17.7 Å². The Morgan fingerprint density at radius 3 is 2.46 bits per heavy atom. The Kier molecular flexibility index (Phi) is 5.99. The van der Waals surface area contributed by atoms with Crippen LogP contribution in [0.3, 0.4) is 0 Å². The number of benzene rings is 2. The van der Waals surface area contributed by atoms with Crippen molar-refractivity contribution >= 4 is 29.3 Å². The molecule has 146 valence electrons. The molecule has 0 bridgehead atoms. The number of carbonyl (C=O) groups is 2. The maximum atomic E-state index is 12.3. The zero-order valence-electron chi connectivity index (χ0n) is 15.2. The Morgan fingerprint density at radius 2 is 1.89 bits per heavy atom. The molecule has 0 radical (unpaired) electrons. The van der Waals surface area contributed by atoms with Crippen LogP contribution in [0, 0.1) is 10.1 Å².